The van der Waals surface area contributed by atoms with Gasteiger partial charge in [-0.15, -0.1) is 0 Å². The van der Waals surface area contributed by atoms with E-state index in [2.05, 4.69) is 15.3 Å². The molecule has 2 N–H and O–H groups in total. The largest absolute Gasteiger partial charge is 0.497 e. The molecule has 1 atom stereocenters. The minimum absolute atomic E-state index is 0.114. The van der Waals surface area contributed by atoms with Crippen molar-refractivity contribution in [2.24, 2.45) is 0 Å². The molecule has 0 spiro atoms. The van der Waals surface area contributed by atoms with Gasteiger partial charge in [0, 0.05) is 25.5 Å². The van der Waals surface area contributed by atoms with Crippen molar-refractivity contribution < 1.29 is 14.6 Å². The number of piperidine rings is 1. The smallest absolute Gasteiger partial charge is 0.225 e. The Kier molecular flexibility index (Phi) is 5.68. The predicted octanol–water partition coefficient (Wildman–Crippen LogP) is 1.18. The lowest BCUT2D eigenvalue weighted by Crippen LogP contribution is -2.54. The quantitative estimate of drug-likeness (QED) is 0.808. The van der Waals surface area contributed by atoms with E-state index in [-0.39, 0.29) is 18.9 Å². The molecule has 0 radical (unpaired) electrons. The minimum Gasteiger partial charge on any atom is -0.497 e. The number of aliphatic hydroxyl groups is 1. The number of hydrogen-bond donors (Lipinski definition) is 2. The maximum atomic E-state index is 12.2. The molecule has 26 heavy (non-hydrogen) atoms. The summed E-state index contributed by atoms with van der Waals surface area (Å²) in [6, 6.07) is 9.15. The number of benzene rings is 1. The average molecular weight is 356 g/mol. The molecule has 0 saturated carbocycles. The first-order chi connectivity index (χ1) is 12.6. The van der Waals surface area contributed by atoms with E-state index >= 15 is 0 Å². The highest BCUT2D eigenvalue weighted by atomic mass is 16.5. The van der Waals surface area contributed by atoms with Crippen molar-refractivity contribution in [3.63, 3.8) is 0 Å². The Labute approximate surface area is 153 Å². The fraction of sp³-hybridized carbons (Fsp3) is 0.421. The summed E-state index contributed by atoms with van der Waals surface area (Å²) in [6.45, 7) is 1.41. The summed E-state index contributed by atoms with van der Waals surface area (Å²) in [6.07, 6.45) is 5.10. The third-order valence-corrected chi connectivity index (χ3v) is 4.53. The second kappa shape index (κ2) is 8.14. The molecule has 1 amide bonds. The summed E-state index contributed by atoms with van der Waals surface area (Å²) >= 11 is 0. The first kappa shape index (κ1) is 18.1. The molecule has 1 aromatic heterocycles. The maximum absolute atomic E-state index is 12.2. The van der Waals surface area contributed by atoms with Crippen LogP contribution in [0.5, 0.6) is 5.75 Å². The van der Waals surface area contributed by atoms with E-state index in [9.17, 15) is 9.90 Å². The molecular weight excluding hydrogens is 332 g/mol. The number of anilines is 1. The molecule has 2 heterocycles. The van der Waals surface area contributed by atoms with Gasteiger partial charge < -0.3 is 20.1 Å². The lowest BCUT2D eigenvalue weighted by Gasteiger charge is -2.39. The standard InChI is InChI=1S/C19H24N4O3/c1-26-16-6-4-15(5-7-16)12-17(24)22-13-19(25)8-2-11-23(14-19)18-20-9-3-10-21-18/h3-7,9-10,25H,2,8,11-14H2,1H3,(H,22,24)/t19-/m0/s1. The van der Waals surface area contributed by atoms with E-state index in [1.165, 1.54) is 0 Å². The van der Waals surface area contributed by atoms with E-state index < -0.39 is 5.60 Å². The van der Waals surface area contributed by atoms with Gasteiger partial charge in [0.1, 0.15) is 5.75 Å². The zero-order valence-corrected chi connectivity index (χ0v) is 14.9. The summed E-state index contributed by atoms with van der Waals surface area (Å²) < 4.78 is 5.11. The van der Waals surface area contributed by atoms with E-state index in [0.29, 0.717) is 18.9 Å². The van der Waals surface area contributed by atoms with Gasteiger partial charge in [0.25, 0.3) is 0 Å². The van der Waals surface area contributed by atoms with Gasteiger partial charge in [0.15, 0.2) is 0 Å². The van der Waals surface area contributed by atoms with Crippen LogP contribution >= 0.6 is 0 Å². The summed E-state index contributed by atoms with van der Waals surface area (Å²) in [4.78, 5) is 22.6. The fourth-order valence-corrected chi connectivity index (χ4v) is 3.14. The van der Waals surface area contributed by atoms with Crippen LogP contribution in [0.25, 0.3) is 0 Å². The molecule has 1 fully saturated rings. The van der Waals surface area contributed by atoms with Crippen molar-refractivity contribution in [3.05, 3.63) is 48.3 Å². The Bertz CT molecular complexity index is 723. The summed E-state index contributed by atoms with van der Waals surface area (Å²) in [7, 11) is 1.61. The van der Waals surface area contributed by atoms with Gasteiger partial charge in [-0.2, -0.15) is 0 Å². The van der Waals surface area contributed by atoms with Gasteiger partial charge in [-0.05, 0) is 36.6 Å². The summed E-state index contributed by atoms with van der Waals surface area (Å²) in [5.74, 6) is 1.25. The minimum atomic E-state index is -0.979. The third kappa shape index (κ3) is 4.70. The van der Waals surface area contributed by atoms with E-state index in [1.54, 1.807) is 25.6 Å². The van der Waals surface area contributed by atoms with Crippen molar-refractivity contribution in [2.45, 2.75) is 24.9 Å². The normalized spacial score (nSPS) is 19.8. The van der Waals surface area contributed by atoms with Crippen molar-refractivity contribution in [1.82, 2.24) is 15.3 Å². The molecule has 3 rings (SSSR count). The number of amides is 1. The van der Waals surface area contributed by atoms with E-state index in [4.69, 9.17) is 4.74 Å². The Balaban J connectivity index is 1.53. The van der Waals surface area contributed by atoms with E-state index in [1.807, 2.05) is 29.2 Å². The first-order valence-electron chi connectivity index (χ1n) is 8.72. The Hall–Kier alpha value is -2.67. The van der Waals surface area contributed by atoms with Crippen LogP contribution in [0.3, 0.4) is 0 Å². The van der Waals surface area contributed by atoms with Crippen LogP contribution < -0.4 is 15.0 Å². The number of ether oxygens (including phenoxy) is 1. The van der Waals surface area contributed by atoms with Gasteiger partial charge in [0.2, 0.25) is 11.9 Å². The Morgan fingerprint density at radius 1 is 1.31 bits per heavy atom. The molecule has 0 unspecified atom stereocenters. The molecule has 1 aromatic carbocycles. The highest BCUT2D eigenvalue weighted by Crippen LogP contribution is 2.23. The molecule has 138 valence electrons. The second-order valence-electron chi connectivity index (χ2n) is 6.60. The first-order valence-corrected chi connectivity index (χ1v) is 8.72. The Morgan fingerprint density at radius 2 is 2.04 bits per heavy atom. The number of hydrogen-bond acceptors (Lipinski definition) is 6. The number of β-amino-alcohol motifs (C(OH)–C–C–N with tert-alkyl or cyclic N) is 1. The van der Waals surface area contributed by atoms with Crippen LogP contribution in [-0.4, -0.2) is 53.3 Å². The zero-order chi connectivity index (χ0) is 18.4. The monoisotopic (exact) mass is 356 g/mol. The van der Waals surface area contributed by atoms with Crippen LogP contribution in [0, 0.1) is 0 Å². The van der Waals surface area contributed by atoms with Gasteiger partial charge in [0.05, 0.1) is 25.7 Å². The molecule has 1 saturated heterocycles. The molecule has 1 aliphatic rings. The average Bonchev–Trinajstić information content (AvgIpc) is 2.68. The van der Waals surface area contributed by atoms with Crippen LogP contribution in [0.2, 0.25) is 0 Å². The van der Waals surface area contributed by atoms with Crippen LogP contribution in [0.1, 0.15) is 18.4 Å². The van der Waals surface area contributed by atoms with Gasteiger partial charge >= 0.3 is 0 Å². The number of nitrogens with zero attached hydrogens (tertiary/aromatic N) is 3. The van der Waals surface area contributed by atoms with E-state index in [0.717, 1.165) is 24.3 Å². The molecule has 2 aromatic rings. The molecule has 1 aliphatic heterocycles. The Morgan fingerprint density at radius 3 is 2.73 bits per heavy atom. The van der Waals surface area contributed by atoms with Crippen molar-refractivity contribution >= 4 is 11.9 Å². The number of carbonyl (C=O) groups is 1. The third-order valence-electron chi connectivity index (χ3n) is 4.53. The maximum Gasteiger partial charge on any atom is 0.225 e. The van der Waals surface area contributed by atoms with Gasteiger partial charge in [-0.1, -0.05) is 12.1 Å². The van der Waals surface area contributed by atoms with Crippen molar-refractivity contribution in [1.29, 1.82) is 0 Å². The van der Waals surface area contributed by atoms with Crippen molar-refractivity contribution in [2.75, 3.05) is 31.6 Å². The number of methoxy groups -OCH3 is 1. The number of aromatic nitrogens is 2. The summed E-state index contributed by atoms with van der Waals surface area (Å²) in [5.41, 5.74) is -0.0780. The molecule has 0 bridgehead atoms. The fourth-order valence-electron chi connectivity index (χ4n) is 3.14. The summed E-state index contributed by atoms with van der Waals surface area (Å²) in [5, 5.41) is 13.7. The topological polar surface area (TPSA) is 87.6 Å². The molecular formula is C19H24N4O3. The zero-order valence-electron chi connectivity index (χ0n) is 14.9. The molecule has 7 heteroatoms. The lowest BCUT2D eigenvalue weighted by atomic mass is 9.93. The van der Waals surface area contributed by atoms with Crippen molar-refractivity contribution in [3.8, 4) is 5.75 Å². The molecule has 0 aliphatic carbocycles. The SMILES string of the molecule is COc1ccc(CC(=O)NC[C@@]2(O)CCCN(c3ncccn3)C2)cc1. The highest BCUT2D eigenvalue weighted by Gasteiger charge is 2.34. The predicted molar refractivity (Wildman–Crippen MR) is 98.1 cm³/mol. The van der Waals surface area contributed by atoms with Crippen LogP contribution in [0.15, 0.2) is 42.7 Å². The lowest BCUT2D eigenvalue weighted by molar-refractivity contribution is -0.121. The number of nitrogens with one attached hydrogen (secondary N) is 1. The molecule has 7 nitrogen and oxygen atoms in total. The number of carbonyl (C=O) groups excluding carboxylic acids is 1. The highest BCUT2D eigenvalue weighted by molar-refractivity contribution is 5.78. The second-order valence-corrected chi connectivity index (χ2v) is 6.60. The van der Waals surface area contributed by atoms with Crippen LogP contribution in [-0.2, 0) is 11.2 Å². The van der Waals surface area contributed by atoms with Gasteiger partial charge in [-0.3, -0.25) is 4.79 Å². The number of rotatable bonds is 6. The van der Waals surface area contributed by atoms with Crippen LogP contribution in [0.4, 0.5) is 5.95 Å². The van der Waals surface area contributed by atoms with Gasteiger partial charge in [-0.25, -0.2) is 9.97 Å².